The van der Waals surface area contributed by atoms with Crippen LogP contribution in [0, 0.1) is 18.3 Å². The Bertz CT molecular complexity index is 681. The molecule has 2 heterocycles. The van der Waals surface area contributed by atoms with E-state index < -0.39 is 11.7 Å². The molecule has 1 aromatic rings. The van der Waals surface area contributed by atoms with Crippen molar-refractivity contribution in [2.24, 2.45) is 11.3 Å². The van der Waals surface area contributed by atoms with Gasteiger partial charge in [0.25, 0.3) is 0 Å². The van der Waals surface area contributed by atoms with Crippen LogP contribution in [0.25, 0.3) is 0 Å². The molecule has 5 nitrogen and oxygen atoms in total. The van der Waals surface area contributed by atoms with Gasteiger partial charge in [0.2, 0.25) is 0 Å². The van der Waals surface area contributed by atoms with Crippen molar-refractivity contribution in [1.82, 2.24) is 4.90 Å². The van der Waals surface area contributed by atoms with Gasteiger partial charge in [-0.2, -0.15) is 0 Å². The van der Waals surface area contributed by atoms with Crippen molar-refractivity contribution in [3.63, 3.8) is 0 Å². The molecule has 0 aromatic heterocycles. The molecular weight excluding hydrogens is 306 g/mol. The van der Waals surface area contributed by atoms with Gasteiger partial charge in [-0.05, 0) is 24.5 Å². The Morgan fingerprint density at radius 1 is 1.29 bits per heavy atom. The first-order chi connectivity index (χ1) is 11.1. The minimum Gasteiger partial charge on any atom is -0.486 e. The van der Waals surface area contributed by atoms with E-state index >= 15 is 0 Å². The van der Waals surface area contributed by atoms with Crippen LogP contribution in [0.15, 0.2) is 18.2 Å². The zero-order valence-electron chi connectivity index (χ0n) is 14.8. The molecule has 5 heteroatoms. The van der Waals surface area contributed by atoms with Crippen LogP contribution < -0.4 is 4.74 Å². The lowest BCUT2D eigenvalue weighted by Gasteiger charge is -2.52. The van der Waals surface area contributed by atoms with E-state index in [-0.39, 0.29) is 17.1 Å². The molecule has 0 radical (unpaired) electrons. The molecule has 0 aliphatic carbocycles. The van der Waals surface area contributed by atoms with Gasteiger partial charge < -0.3 is 14.7 Å². The Labute approximate surface area is 142 Å². The predicted octanol–water partition coefficient (Wildman–Crippen LogP) is 3.75. The van der Waals surface area contributed by atoms with Crippen LogP contribution in [0.5, 0.6) is 5.75 Å². The van der Waals surface area contributed by atoms with Crippen LogP contribution in [0.4, 0.5) is 4.79 Å². The standard InChI is InChI=1S/C19H25NO4/c1-12-5-6-14-13(11-12)15(21)16(18(2,3)4)19(24-14)7-9-20(10-8-19)17(22)23/h5-6,11,16H,7-10H2,1-4H3,(H,22,23). The Morgan fingerprint density at radius 2 is 1.92 bits per heavy atom. The number of Topliss-reactive ketones (excluding diaryl/α,β-unsaturated/α-hetero) is 1. The summed E-state index contributed by atoms with van der Waals surface area (Å²) in [7, 11) is 0. The van der Waals surface area contributed by atoms with Gasteiger partial charge in [-0.25, -0.2) is 4.79 Å². The fourth-order valence-corrected chi connectivity index (χ4v) is 4.25. The van der Waals surface area contributed by atoms with Gasteiger partial charge >= 0.3 is 6.09 Å². The van der Waals surface area contributed by atoms with Crippen molar-refractivity contribution >= 4 is 11.9 Å². The summed E-state index contributed by atoms with van der Waals surface area (Å²) in [5, 5.41) is 9.21. The molecule has 1 spiro atoms. The number of hydrogen-bond acceptors (Lipinski definition) is 3. The lowest BCUT2D eigenvalue weighted by molar-refractivity contribution is -0.0696. The Balaban J connectivity index is 2.03. The topological polar surface area (TPSA) is 66.8 Å². The third-order valence-electron chi connectivity index (χ3n) is 5.25. The van der Waals surface area contributed by atoms with Crippen LogP contribution in [0.2, 0.25) is 0 Å². The van der Waals surface area contributed by atoms with E-state index in [1.54, 1.807) is 0 Å². The number of ether oxygens (including phenoxy) is 1. The highest BCUT2D eigenvalue weighted by molar-refractivity contribution is 6.02. The third-order valence-corrected chi connectivity index (χ3v) is 5.25. The molecular formula is C19H25NO4. The average molecular weight is 331 g/mol. The second-order valence-electron chi connectivity index (χ2n) is 8.10. The molecule has 1 aromatic carbocycles. The number of carbonyl (C=O) groups is 2. The lowest BCUT2D eigenvalue weighted by atomic mass is 9.62. The predicted molar refractivity (Wildman–Crippen MR) is 90.6 cm³/mol. The van der Waals surface area contributed by atoms with Crippen molar-refractivity contribution in [2.45, 2.75) is 46.1 Å². The van der Waals surface area contributed by atoms with Crippen molar-refractivity contribution in [3.05, 3.63) is 29.3 Å². The SMILES string of the molecule is Cc1ccc2c(c1)C(=O)C(C(C)(C)C)C1(CCN(C(=O)O)CC1)O2. The number of aryl methyl sites for hydroxylation is 1. The average Bonchev–Trinajstić information content (AvgIpc) is 2.47. The summed E-state index contributed by atoms with van der Waals surface area (Å²) in [4.78, 5) is 25.9. The number of carbonyl (C=O) groups excluding carboxylic acids is 1. The van der Waals surface area contributed by atoms with E-state index in [1.165, 1.54) is 4.90 Å². The van der Waals surface area contributed by atoms with Crippen molar-refractivity contribution in [3.8, 4) is 5.75 Å². The van der Waals surface area contributed by atoms with Gasteiger partial charge in [-0.3, -0.25) is 4.79 Å². The smallest absolute Gasteiger partial charge is 0.407 e. The van der Waals surface area contributed by atoms with E-state index in [0.717, 1.165) is 5.56 Å². The minimum absolute atomic E-state index is 0.122. The Hall–Kier alpha value is -2.04. The van der Waals surface area contributed by atoms with Gasteiger partial charge in [0.15, 0.2) is 5.78 Å². The van der Waals surface area contributed by atoms with Crippen molar-refractivity contribution < 1.29 is 19.4 Å². The molecule has 1 amide bonds. The maximum absolute atomic E-state index is 13.3. The normalized spacial score (nSPS) is 22.9. The summed E-state index contributed by atoms with van der Waals surface area (Å²) >= 11 is 0. The molecule has 2 aliphatic heterocycles. The molecule has 0 saturated carbocycles. The second-order valence-corrected chi connectivity index (χ2v) is 8.10. The van der Waals surface area contributed by atoms with E-state index in [0.29, 0.717) is 37.2 Å². The number of nitrogens with zero attached hydrogens (tertiary/aromatic N) is 1. The molecule has 24 heavy (non-hydrogen) atoms. The van der Waals surface area contributed by atoms with E-state index in [9.17, 15) is 14.7 Å². The van der Waals surface area contributed by atoms with Gasteiger partial charge in [0.1, 0.15) is 11.4 Å². The number of amides is 1. The van der Waals surface area contributed by atoms with E-state index in [1.807, 2.05) is 25.1 Å². The second kappa shape index (κ2) is 5.50. The van der Waals surface area contributed by atoms with Crippen LogP contribution >= 0.6 is 0 Å². The fraction of sp³-hybridized carbons (Fsp3) is 0.579. The molecule has 0 bridgehead atoms. The molecule has 1 fully saturated rings. The first kappa shape index (κ1) is 16.8. The summed E-state index contributed by atoms with van der Waals surface area (Å²) < 4.78 is 6.41. The highest BCUT2D eigenvalue weighted by atomic mass is 16.5. The number of benzene rings is 1. The molecule has 1 atom stereocenters. The fourth-order valence-electron chi connectivity index (χ4n) is 4.25. The zero-order chi connectivity index (χ0) is 17.7. The Morgan fingerprint density at radius 3 is 2.46 bits per heavy atom. The number of fused-ring (bicyclic) bond motifs is 1. The van der Waals surface area contributed by atoms with Gasteiger partial charge in [-0.15, -0.1) is 0 Å². The van der Waals surface area contributed by atoms with Gasteiger partial charge in [0.05, 0.1) is 11.5 Å². The lowest BCUT2D eigenvalue weighted by Crippen LogP contribution is -2.60. The van der Waals surface area contributed by atoms with Crippen LogP contribution in [0.1, 0.15) is 49.5 Å². The number of hydrogen-bond donors (Lipinski definition) is 1. The third kappa shape index (κ3) is 2.66. The largest absolute Gasteiger partial charge is 0.486 e. The molecule has 130 valence electrons. The summed E-state index contributed by atoms with van der Waals surface area (Å²) in [5.74, 6) is 0.473. The minimum atomic E-state index is -0.907. The first-order valence-corrected chi connectivity index (χ1v) is 8.46. The van der Waals surface area contributed by atoms with Gasteiger partial charge in [0, 0.05) is 25.9 Å². The number of likely N-dealkylation sites (tertiary alicyclic amines) is 1. The van der Waals surface area contributed by atoms with Crippen LogP contribution in [-0.2, 0) is 0 Å². The summed E-state index contributed by atoms with van der Waals surface area (Å²) in [6.07, 6.45) is 0.177. The summed E-state index contributed by atoms with van der Waals surface area (Å²) in [6.45, 7) is 8.95. The van der Waals surface area contributed by atoms with E-state index in [4.69, 9.17) is 4.74 Å². The van der Waals surface area contributed by atoms with Crippen LogP contribution in [-0.4, -0.2) is 40.6 Å². The highest BCUT2D eigenvalue weighted by Crippen LogP contribution is 2.49. The highest BCUT2D eigenvalue weighted by Gasteiger charge is 2.55. The number of piperidine rings is 1. The maximum Gasteiger partial charge on any atom is 0.407 e. The molecule has 1 unspecified atom stereocenters. The van der Waals surface area contributed by atoms with E-state index in [2.05, 4.69) is 20.8 Å². The maximum atomic E-state index is 13.3. The molecule has 3 rings (SSSR count). The Kier molecular flexibility index (Phi) is 3.85. The van der Waals surface area contributed by atoms with Gasteiger partial charge in [-0.1, -0.05) is 32.4 Å². The molecule has 1 saturated heterocycles. The molecule has 1 N–H and O–H groups in total. The number of ketones is 1. The quantitative estimate of drug-likeness (QED) is 0.786. The first-order valence-electron chi connectivity index (χ1n) is 8.46. The molecule has 2 aliphatic rings. The van der Waals surface area contributed by atoms with Crippen LogP contribution in [0.3, 0.4) is 0 Å². The monoisotopic (exact) mass is 331 g/mol. The van der Waals surface area contributed by atoms with Crippen molar-refractivity contribution in [1.29, 1.82) is 0 Å². The summed E-state index contributed by atoms with van der Waals surface area (Å²) in [6, 6.07) is 5.71. The number of carboxylic acid groups (broad SMARTS) is 1. The van der Waals surface area contributed by atoms with Crippen molar-refractivity contribution in [2.75, 3.05) is 13.1 Å². The number of rotatable bonds is 0. The summed E-state index contributed by atoms with van der Waals surface area (Å²) in [5.41, 5.74) is 0.809. The zero-order valence-corrected chi connectivity index (χ0v) is 14.8.